The molecule has 4 heteroatoms. The maximum atomic E-state index is 11.6. The fourth-order valence-electron chi connectivity index (χ4n) is 2.08. The molecule has 0 aromatic rings. The highest BCUT2D eigenvalue weighted by molar-refractivity contribution is 5.85. The molecule has 1 aliphatic rings. The van der Waals surface area contributed by atoms with Gasteiger partial charge in [0.05, 0.1) is 0 Å². The molecule has 0 radical (unpaired) electrons. The molecule has 1 saturated heterocycles. The van der Waals surface area contributed by atoms with Gasteiger partial charge in [-0.2, -0.15) is 0 Å². The molecule has 1 heterocycles. The topological polar surface area (TPSA) is 41.1 Å². The summed E-state index contributed by atoms with van der Waals surface area (Å²) in [4.78, 5) is 11.6. The van der Waals surface area contributed by atoms with Crippen LogP contribution in [0.5, 0.6) is 0 Å². The molecule has 2 atom stereocenters. The van der Waals surface area contributed by atoms with Crippen LogP contribution in [0.25, 0.3) is 0 Å². The summed E-state index contributed by atoms with van der Waals surface area (Å²) in [7, 11) is 0. The van der Waals surface area contributed by atoms with Gasteiger partial charge in [-0.1, -0.05) is 20.3 Å². The number of carbonyl (C=O) groups is 1. The first-order chi connectivity index (χ1) is 7.24. The van der Waals surface area contributed by atoms with Crippen molar-refractivity contribution in [3.63, 3.8) is 0 Å². The number of amides is 1. The Morgan fingerprint density at radius 3 is 2.88 bits per heavy atom. The van der Waals surface area contributed by atoms with Gasteiger partial charge < -0.3 is 10.6 Å². The Hall–Kier alpha value is -0.280. The minimum atomic E-state index is 0. The molecular formula is C12H25ClN2O. The molecule has 1 fully saturated rings. The van der Waals surface area contributed by atoms with E-state index in [0.717, 1.165) is 32.5 Å². The van der Waals surface area contributed by atoms with Crippen LogP contribution in [0.1, 0.15) is 39.5 Å². The van der Waals surface area contributed by atoms with Crippen LogP contribution in [-0.4, -0.2) is 25.5 Å². The zero-order valence-electron chi connectivity index (χ0n) is 10.4. The van der Waals surface area contributed by atoms with Crippen molar-refractivity contribution < 1.29 is 4.79 Å². The molecule has 2 N–H and O–H groups in total. The Kier molecular flexibility index (Phi) is 8.67. The van der Waals surface area contributed by atoms with E-state index in [2.05, 4.69) is 17.6 Å². The third-order valence-corrected chi connectivity index (χ3v) is 3.13. The Labute approximate surface area is 105 Å². The summed E-state index contributed by atoms with van der Waals surface area (Å²) in [5, 5.41) is 6.42. The minimum absolute atomic E-state index is 0. The van der Waals surface area contributed by atoms with E-state index in [0.29, 0.717) is 5.92 Å². The van der Waals surface area contributed by atoms with Crippen LogP contribution in [0.15, 0.2) is 0 Å². The SMILES string of the molecule is CCCC(C)C(=O)NCC1CCCNC1.Cl. The molecule has 16 heavy (non-hydrogen) atoms. The largest absolute Gasteiger partial charge is 0.356 e. The monoisotopic (exact) mass is 248 g/mol. The van der Waals surface area contributed by atoms with Gasteiger partial charge in [-0.15, -0.1) is 12.4 Å². The number of hydrogen-bond acceptors (Lipinski definition) is 2. The molecule has 1 amide bonds. The van der Waals surface area contributed by atoms with Gasteiger partial charge in [0.25, 0.3) is 0 Å². The predicted octanol–water partition coefficient (Wildman–Crippen LogP) is 1.96. The van der Waals surface area contributed by atoms with Crippen LogP contribution < -0.4 is 10.6 Å². The first kappa shape index (κ1) is 15.7. The van der Waals surface area contributed by atoms with Crippen LogP contribution in [0.2, 0.25) is 0 Å². The van der Waals surface area contributed by atoms with E-state index in [1.54, 1.807) is 0 Å². The van der Waals surface area contributed by atoms with Gasteiger partial charge in [0.1, 0.15) is 0 Å². The standard InChI is InChI=1S/C12H24N2O.ClH/c1-3-5-10(2)12(15)14-9-11-6-4-7-13-8-11;/h10-11,13H,3-9H2,1-2H3,(H,14,15);1H. The van der Waals surface area contributed by atoms with Crippen LogP contribution >= 0.6 is 12.4 Å². The molecule has 0 aromatic heterocycles. The summed E-state index contributed by atoms with van der Waals surface area (Å²) in [5.41, 5.74) is 0. The Balaban J connectivity index is 0.00000225. The maximum absolute atomic E-state index is 11.6. The van der Waals surface area contributed by atoms with Crippen molar-refractivity contribution in [2.24, 2.45) is 11.8 Å². The lowest BCUT2D eigenvalue weighted by Crippen LogP contribution is -2.39. The molecular weight excluding hydrogens is 224 g/mol. The van der Waals surface area contributed by atoms with Gasteiger partial charge >= 0.3 is 0 Å². The van der Waals surface area contributed by atoms with Crippen molar-refractivity contribution in [1.82, 2.24) is 10.6 Å². The van der Waals surface area contributed by atoms with E-state index in [4.69, 9.17) is 0 Å². The fraction of sp³-hybridized carbons (Fsp3) is 0.917. The lowest BCUT2D eigenvalue weighted by molar-refractivity contribution is -0.124. The number of halogens is 1. The van der Waals surface area contributed by atoms with E-state index in [1.807, 2.05) is 6.92 Å². The highest BCUT2D eigenvalue weighted by atomic mass is 35.5. The summed E-state index contributed by atoms with van der Waals surface area (Å²) < 4.78 is 0. The van der Waals surface area contributed by atoms with Crippen LogP contribution in [0.3, 0.4) is 0 Å². The van der Waals surface area contributed by atoms with Crippen LogP contribution in [-0.2, 0) is 4.79 Å². The maximum Gasteiger partial charge on any atom is 0.222 e. The van der Waals surface area contributed by atoms with Crippen molar-refractivity contribution in [2.75, 3.05) is 19.6 Å². The summed E-state index contributed by atoms with van der Waals surface area (Å²) in [5.74, 6) is 1.03. The second-order valence-electron chi connectivity index (χ2n) is 4.65. The lowest BCUT2D eigenvalue weighted by atomic mass is 9.99. The van der Waals surface area contributed by atoms with E-state index >= 15 is 0 Å². The lowest BCUT2D eigenvalue weighted by Gasteiger charge is -2.23. The average molecular weight is 249 g/mol. The van der Waals surface area contributed by atoms with Gasteiger partial charge in [0.2, 0.25) is 5.91 Å². The molecule has 3 nitrogen and oxygen atoms in total. The first-order valence-electron chi connectivity index (χ1n) is 6.22. The second kappa shape index (κ2) is 8.82. The number of rotatable bonds is 5. The van der Waals surface area contributed by atoms with Crippen molar-refractivity contribution in [2.45, 2.75) is 39.5 Å². The molecule has 1 rings (SSSR count). The zero-order valence-corrected chi connectivity index (χ0v) is 11.2. The van der Waals surface area contributed by atoms with E-state index in [-0.39, 0.29) is 24.2 Å². The Morgan fingerprint density at radius 2 is 2.31 bits per heavy atom. The normalized spacial score (nSPS) is 22.0. The van der Waals surface area contributed by atoms with Gasteiger partial charge in [-0.25, -0.2) is 0 Å². The van der Waals surface area contributed by atoms with Gasteiger partial charge in [0, 0.05) is 12.5 Å². The van der Waals surface area contributed by atoms with Gasteiger partial charge in [0.15, 0.2) is 0 Å². The van der Waals surface area contributed by atoms with Crippen molar-refractivity contribution >= 4 is 18.3 Å². The highest BCUT2D eigenvalue weighted by Gasteiger charge is 2.16. The average Bonchev–Trinajstić information content (AvgIpc) is 2.27. The summed E-state index contributed by atoms with van der Waals surface area (Å²) in [6.07, 6.45) is 4.56. The van der Waals surface area contributed by atoms with E-state index in [9.17, 15) is 4.79 Å². The van der Waals surface area contributed by atoms with Gasteiger partial charge in [-0.05, 0) is 38.3 Å². The number of carbonyl (C=O) groups excluding carboxylic acids is 1. The molecule has 0 bridgehead atoms. The van der Waals surface area contributed by atoms with Gasteiger partial charge in [-0.3, -0.25) is 4.79 Å². The predicted molar refractivity (Wildman–Crippen MR) is 69.9 cm³/mol. The third-order valence-electron chi connectivity index (χ3n) is 3.13. The first-order valence-corrected chi connectivity index (χ1v) is 6.22. The summed E-state index contributed by atoms with van der Waals surface area (Å²) in [6.45, 7) is 7.17. The van der Waals surface area contributed by atoms with Crippen molar-refractivity contribution in [3.8, 4) is 0 Å². The zero-order chi connectivity index (χ0) is 11.1. The third kappa shape index (κ3) is 5.71. The molecule has 96 valence electrons. The number of hydrogen-bond donors (Lipinski definition) is 2. The van der Waals surface area contributed by atoms with Crippen molar-refractivity contribution in [1.29, 1.82) is 0 Å². The Morgan fingerprint density at radius 1 is 1.56 bits per heavy atom. The fourth-order valence-corrected chi connectivity index (χ4v) is 2.08. The van der Waals surface area contributed by atoms with Crippen molar-refractivity contribution in [3.05, 3.63) is 0 Å². The van der Waals surface area contributed by atoms with Crippen LogP contribution in [0, 0.1) is 11.8 Å². The Bertz CT molecular complexity index is 193. The summed E-state index contributed by atoms with van der Waals surface area (Å²) in [6, 6.07) is 0. The van der Waals surface area contributed by atoms with E-state index < -0.39 is 0 Å². The smallest absolute Gasteiger partial charge is 0.222 e. The quantitative estimate of drug-likeness (QED) is 0.781. The molecule has 1 aliphatic heterocycles. The summed E-state index contributed by atoms with van der Waals surface area (Å²) >= 11 is 0. The molecule has 0 saturated carbocycles. The number of piperidine rings is 1. The molecule has 0 spiro atoms. The number of nitrogens with one attached hydrogen (secondary N) is 2. The molecule has 0 aromatic carbocycles. The van der Waals surface area contributed by atoms with Crippen LogP contribution in [0.4, 0.5) is 0 Å². The molecule has 2 unspecified atom stereocenters. The second-order valence-corrected chi connectivity index (χ2v) is 4.65. The molecule has 0 aliphatic carbocycles. The minimum Gasteiger partial charge on any atom is -0.356 e. The highest BCUT2D eigenvalue weighted by Crippen LogP contribution is 2.09. The van der Waals surface area contributed by atoms with E-state index in [1.165, 1.54) is 12.8 Å².